The molecular weight excluding hydrogens is 234 g/mol. The Labute approximate surface area is 105 Å². The molecule has 0 unspecified atom stereocenters. The number of aromatic nitrogens is 3. The molecule has 0 N–H and O–H groups in total. The monoisotopic (exact) mass is 249 g/mol. The van der Waals surface area contributed by atoms with Gasteiger partial charge in [0, 0.05) is 0 Å². The van der Waals surface area contributed by atoms with Gasteiger partial charge in [-0.05, 0) is 23.3 Å². The van der Waals surface area contributed by atoms with Gasteiger partial charge in [-0.2, -0.15) is 12.6 Å². The van der Waals surface area contributed by atoms with Crippen LogP contribution in [0, 0.1) is 5.41 Å². The largest absolute Gasteiger partial charge is 0.277 e. The lowest BCUT2D eigenvalue weighted by Crippen LogP contribution is -2.32. The molecule has 1 aromatic carbocycles. The van der Waals surface area contributed by atoms with E-state index >= 15 is 0 Å². The average molecular weight is 249 g/mol. The molecule has 0 saturated heterocycles. The second-order valence-corrected chi connectivity index (χ2v) is 5.21. The molecule has 0 atom stereocenters. The number of benzene rings is 1. The fraction of sp³-hybridized carbons (Fsp3) is 0.417. The quantitative estimate of drug-likeness (QED) is 0.843. The summed E-state index contributed by atoms with van der Waals surface area (Å²) >= 11 is 4.28. The van der Waals surface area contributed by atoms with Crippen LogP contribution in [-0.4, -0.2) is 20.7 Å². The second kappa shape index (κ2) is 4.49. The van der Waals surface area contributed by atoms with Gasteiger partial charge in [-0.1, -0.05) is 31.2 Å². The Morgan fingerprint density at radius 1 is 1.35 bits per heavy atom. The Morgan fingerprint density at radius 3 is 2.76 bits per heavy atom. The molecule has 1 heterocycles. The summed E-state index contributed by atoms with van der Waals surface area (Å²) in [6.45, 7) is 4.61. The second-order valence-electron chi connectivity index (χ2n) is 4.89. The van der Waals surface area contributed by atoms with Crippen molar-refractivity contribution >= 4 is 23.5 Å². The van der Waals surface area contributed by atoms with Gasteiger partial charge in [0.05, 0.1) is 11.9 Å². The molecule has 0 fully saturated rings. The van der Waals surface area contributed by atoms with Crippen molar-refractivity contribution in [1.82, 2.24) is 15.0 Å². The van der Waals surface area contributed by atoms with Gasteiger partial charge >= 0.3 is 0 Å². The van der Waals surface area contributed by atoms with Gasteiger partial charge in [0.1, 0.15) is 5.52 Å². The summed E-state index contributed by atoms with van der Waals surface area (Å²) in [6.07, 6.45) is 0. The van der Waals surface area contributed by atoms with Crippen molar-refractivity contribution in [2.75, 3.05) is 5.75 Å². The van der Waals surface area contributed by atoms with Crippen LogP contribution in [0.25, 0.3) is 10.9 Å². The van der Waals surface area contributed by atoms with Crippen LogP contribution in [0.5, 0.6) is 0 Å². The molecule has 0 spiro atoms. The van der Waals surface area contributed by atoms with E-state index in [9.17, 15) is 4.79 Å². The summed E-state index contributed by atoms with van der Waals surface area (Å²) in [7, 11) is 0. The highest BCUT2D eigenvalue weighted by Gasteiger charge is 2.18. The lowest BCUT2D eigenvalue weighted by molar-refractivity contribution is 0.319. The van der Waals surface area contributed by atoms with Crippen molar-refractivity contribution in [3.05, 3.63) is 34.6 Å². The van der Waals surface area contributed by atoms with Crippen LogP contribution < -0.4 is 5.56 Å². The van der Waals surface area contributed by atoms with Crippen molar-refractivity contribution < 1.29 is 0 Å². The van der Waals surface area contributed by atoms with E-state index in [0.717, 1.165) is 0 Å². The van der Waals surface area contributed by atoms with E-state index in [1.807, 2.05) is 26.0 Å². The van der Waals surface area contributed by atoms with Gasteiger partial charge in [0.25, 0.3) is 5.56 Å². The van der Waals surface area contributed by atoms with E-state index in [1.54, 1.807) is 12.1 Å². The highest BCUT2D eigenvalue weighted by atomic mass is 32.1. The molecule has 0 bridgehead atoms. The van der Waals surface area contributed by atoms with Gasteiger partial charge in [-0.25, -0.2) is 4.68 Å². The number of fused-ring (bicyclic) bond motifs is 1. The van der Waals surface area contributed by atoms with Gasteiger partial charge < -0.3 is 0 Å². The molecule has 2 aromatic rings. The number of hydrogen-bond acceptors (Lipinski definition) is 4. The highest BCUT2D eigenvalue weighted by molar-refractivity contribution is 7.80. The molecule has 17 heavy (non-hydrogen) atoms. The van der Waals surface area contributed by atoms with E-state index in [4.69, 9.17) is 0 Å². The van der Waals surface area contributed by atoms with E-state index in [-0.39, 0.29) is 11.0 Å². The molecule has 5 heteroatoms. The minimum atomic E-state index is -0.0922. The van der Waals surface area contributed by atoms with E-state index < -0.39 is 0 Å². The predicted octanol–water partition coefficient (Wildman–Crippen LogP) is 1.75. The Hall–Kier alpha value is -1.36. The topological polar surface area (TPSA) is 47.8 Å². The first-order valence-electron chi connectivity index (χ1n) is 5.47. The smallest absolute Gasteiger partial charge is 0.267 e. The van der Waals surface area contributed by atoms with E-state index in [1.165, 1.54) is 4.68 Å². The van der Waals surface area contributed by atoms with Crippen molar-refractivity contribution in [1.29, 1.82) is 0 Å². The molecule has 0 amide bonds. The third kappa shape index (κ3) is 2.49. The molecule has 0 radical (unpaired) electrons. The maximum Gasteiger partial charge on any atom is 0.277 e. The van der Waals surface area contributed by atoms with Crippen molar-refractivity contribution in [3.8, 4) is 0 Å². The molecule has 0 aliphatic rings. The maximum absolute atomic E-state index is 12.2. The van der Waals surface area contributed by atoms with Crippen LogP contribution in [-0.2, 0) is 6.54 Å². The van der Waals surface area contributed by atoms with Gasteiger partial charge in [-0.15, -0.1) is 5.10 Å². The predicted molar refractivity (Wildman–Crippen MR) is 71.4 cm³/mol. The third-order valence-electron chi connectivity index (χ3n) is 2.64. The van der Waals surface area contributed by atoms with Crippen molar-refractivity contribution in [3.63, 3.8) is 0 Å². The Balaban J connectivity index is 2.50. The maximum atomic E-state index is 12.2. The first-order chi connectivity index (χ1) is 8.03. The SMILES string of the molecule is CC(C)(CS)Cn1nnc2ccccc2c1=O. The van der Waals surface area contributed by atoms with Gasteiger partial charge in [0.15, 0.2) is 0 Å². The van der Waals surface area contributed by atoms with Crippen LogP contribution in [0.2, 0.25) is 0 Å². The standard InChI is InChI=1S/C12H15N3OS/c1-12(2,8-17)7-15-11(16)9-5-3-4-6-10(9)13-14-15/h3-6,17H,7-8H2,1-2H3. The molecule has 2 rings (SSSR count). The lowest BCUT2D eigenvalue weighted by atomic mass is 9.97. The Morgan fingerprint density at radius 2 is 2.06 bits per heavy atom. The zero-order chi connectivity index (χ0) is 12.5. The van der Waals surface area contributed by atoms with Crippen LogP contribution in [0.4, 0.5) is 0 Å². The van der Waals surface area contributed by atoms with Crippen LogP contribution in [0.1, 0.15) is 13.8 Å². The summed E-state index contributed by atoms with van der Waals surface area (Å²) in [4.78, 5) is 12.2. The van der Waals surface area contributed by atoms with Gasteiger partial charge in [0.2, 0.25) is 0 Å². The molecule has 0 aliphatic heterocycles. The lowest BCUT2D eigenvalue weighted by Gasteiger charge is -2.21. The number of thiol groups is 1. The first kappa shape index (κ1) is 12.1. The minimum Gasteiger partial charge on any atom is -0.267 e. The molecule has 0 saturated carbocycles. The Bertz CT molecular complexity index is 592. The Kier molecular flexibility index (Phi) is 3.19. The summed E-state index contributed by atoms with van der Waals surface area (Å²) in [5, 5.41) is 8.62. The molecular formula is C12H15N3OS. The average Bonchev–Trinajstić information content (AvgIpc) is 2.33. The van der Waals surface area contributed by atoms with E-state index in [0.29, 0.717) is 23.2 Å². The fourth-order valence-corrected chi connectivity index (χ4v) is 1.68. The first-order valence-corrected chi connectivity index (χ1v) is 6.10. The molecule has 1 aromatic heterocycles. The zero-order valence-electron chi connectivity index (χ0n) is 9.92. The van der Waals surface area contributed by atoms with E-state index in [2.05, 4.69) is 22.9 Å². The number of nitrogens with zero attached hydrogens (tertiary/aromatic N) is 3. The van der Waals surface area contributed by atoms with Crippen molar-refractivity contribution in [2.45, 2.75) is 20.4 Å². The highest BCUT2D eigenvalue weighted by Crippen LogP contribution is 2.18. The van der Waals surface area contributed by atoms with Crippen LogP contribution in [0.15, 0.2) is 29.1 Å². The normalized spacial score (nSPS) is 11.9. The summed E-state index contributed by atoms with van der Waals surface area (Å²) in [5.41, 5.74) is 0.465. The van der Waals surface area contributed by atoms with Crippen LogP contribution >= 0.6 is 12.6 Å². The molecule has 4 nitrogen and oxygen atoms in total. The third-order valence-corrected chi connectivity index (χ3v) is 3.49. The summed E-state index contributed by atoms with van der Waals surface area (Å²) < 4.78 is 1.42. The summed E-state index contributed by atoms with van der Waals surface area (Å²) in [5.74, 6) is 0.688. The molecule has 90 valence electrons. The minimum absolute atomic E-state index is 0.0793. The fourth-order valence-electron chi connectivity index (χ4n) is 1.58. The van der Waals surface area contributed by atoms with Gasteiger partial charge in [-0.3, -0.25) is 4.79 Å². The van der Waals surface area contributed by atoms with Crippen LogP contribution in [0.3, 0.4) is 0 Å². The van der Waals surface area contributed by atoms with Crippen molar-refractivity contribution in [2.24, 2.45) is 5.41 Å². The summed E-state index contributed by atoms with van der Waals surface area (Å²) in [6, 6.07) is 7.24. The number of rotatable bonds is 3. The molecule has 0 aliphatic carbocycles. The number of hydrogen-bond donors (Lipinski definition) is 1. The zero-order valence-corrected chi connectivity index (χ0v) is 10.8.